The molecule has 2 aliphatic heterocycles. The number of benzene rings is 1. The third-order valence-corrected chi connectivity index (χ3v) is 4.55. The molecule has 0 aliphatic carbocycles. The van der Waals surface area contributed by atoms with Gasteiger partial charge < -0.3 is 5.32 Å². The third-order valence-electron chi connectivity index (χ3n) is 4.55. The van der Waals surface area contributed by atoms with Crippen LogP contribution in [-0.4, -0.2) is 60.4 Å². The average molecular weight is 301 g/mol. The standard InChI is InChI=1S/C17H23N3O2/c1-2-9-19(13-7-8-18-12-13)10-11-20-16(21)14-5-3-4-6-15(14)17(20)22/h3-6,13,18H,2,7-12H2,1H3. The molecule has 1 aromatic rings. The zero-order valence-electron chi connectivity index (χ0n) is 13.0. The van der Waals surface area contributed by atoms with E-state index >= 15 is 0 Å². The van der Waals surface area contributed by atoms with E-state index in [1.54, 1.807) is 24.3 Å². The van der Waals surface area contributed by atoms with Crippen molar-refractivity contribution in [3.05, 3.63) is 35.4 Å². The van der Waals surface area contributed by atoms with Crippen LogP contribution in [-0.2, 0) is 0 Å². The van der Waals surface area contributed by atoms with E-state index in [9.17, 15) is 9.59 Å². The molecule has 5 nitrogen and oxygen atoms in total. The van der Waals surface area contributed by atoms with E-state index in [1.165, 1.54) is 4.90 Å². The smallest absolute Gasteiger partial charge is 0.261 e. The molecule has 1 atom stereocenters. The van der Waals surface area contributed by atoms with Crippen LogP contribution in [0.3, 0.4) is 0 Å². The summed E-state index contributed by atoms with van der Waals surface area (Å²) in [6.07, 6.45) is 2.22. The van der Waals surface area contributed by atoms with Crippen LogP contribution in [0.5, 0.6) is 0 Å². The van der Waals surface area contributed by atoms with Gasteiger partial charge in [-0.1, -0.05) is 19.1 Å². The first-order valence-electron chi connectivity index (χ1n) is 8.12. The van der Waals surface area contributed by atoms with E-state index in [-0.39, 0.29) is 11.8 Å². The Bertz CT molecular complexity index is 532. The summed E-state index contributed by atoms with van der Waals surface area (Å²) >= 11 is 0. The maximum Gasteiger partial charge on any atom is 0.261 e. The Hall–Kier alpha value is -1.72. The first-order chi connectivity index (χ1) is 10.7. The van der Waals surface area contributed by atoms with Crippen molar-refractivity contribution in [2.24, 2.45) is 0 Å². The number of fused-ring (bicyclic) bond motifs is 1. The van der Waals surface area contributed by atoms with E-state index in [2.05, 4.69) is 17.1 Å². The second-order valence-electron chi connectivity index (χ2n) is 5.99. The van der Waals surface area contributed by atoms with Crippen molar-refractivity contribution in [1.29, 1.82) is 0 Å². The molecule has 2 amide bonds. The van der Waals surface area contributed by atoms with Crippen molar-refractivity contribution >= 4 is 11.8 Å². The van der Waals surface area contributed by atoms with Crippen molar-refractivity contribution in [2.75, 3.05) is 32.7 Å². The first kappa shape index (κ1) is 15.2. The molecule has 3 rings (SSSR count). The van der Waals surface area contributed by atoms with Gasteiger partial charge in [-0.25, -0.2) is 0 Å². The van der Waals surface area contributed by atoms with Gasteiger partial charge in [0, 0.05) is 25.7 Å². The molecule has 0 spiro atoms. The summed E-state index contributed by atoms with van der Waals surface area (Å²) < 4.78 is 0. The summed E-state index contributed by atoms with van der Waals surface area (Å²) in [6.45, 7) is 6.46. The van der Waals surface area contributed by atoms with Gasteiger partial charge >= 0.3 is 0 Å². The van der Waals surface area contributed by atoms with Crippen LogP contribution < -0.4 is 5.32 Å². The number of nitrogens with zero attached hydrogens (tertiary/aromatic N) is 2. The van der Waals surface area contributed by atoms with Gasteiger partial charge in [0.25, 0.3) is 11.8 Å². The van der Waals surface area contributed by atoms with Crippen LogP contribution in [0.2, 0.25) is 0 Å². The molecule has 1 aromatic carbocycles. The zero-order chi connectivity index (χ0) is 15.5. The molecule has 118 valence electrons. The fraction of sp³-hybridized carbons (Fsp3) is 0.529. The maximum absolute atomic E-state index is 12.4. The summed E-state index contributed by atoms with van der Waals surface area (Å²) in [6, 6.07) is 7.61. The molecule has 1 N–H and O–H groups in total. The lowest BCUT2D eigenvalue weighted by atomic mass is 10.1. The quantitative estimate of drug-likeness (QED) is 0.806. The molecular weight excluding hydrogens is 278 g/mol. The molecule has 0 saturated carbocycles. The van der Waals surface area contributed by atoms with Crippen molar-refractivity contribution in [3.63, 3.8) is 0 Å². The molecule has 1 saturated heterocycles. The Balaban J connectivity index is 1.66. The van der Waals surface area contributed by atoms with Gasteiger partial charge in [-0.3, -0.25) is 19.4 Å². The van der Waals surface area contributed by atoms with Crippen LogP contribution >= 0.6 is 0 Å². The Morgan fingerprint density at radius 1 is 1.18 bits per heavy atom. The number of hydrogen-bond donors (Lipinski definition) is 1. The average Bonchev–Trinajstić information content (AvgIpc) is 3.14. The Labute approximate surface area is 131 Å². The van der Waals surface area contributed by atoms with Gasteiger partial charge in [0.2, 0.25) is 0 Å². The molecule has 2 heterocycles. The zero-order valence-corrected chi connectivity index (χ0v) is 13.0. The fourth-order valence-electron chi connectivity index (χ4n) is 3.39. The van der Waals surface area contributed by atoms with E-state index in [0.717, 1.165) is 39.0 Å². The van der Waals surface area contributed by atoms with Gasteiger partial charge in [-0.2, -0.15) is 0 Å². The number of rotatable bonds is 6. The van der Waals surface area contributed by atoms with Crippen molar-refractivity contribution < 1.29 is 9.59 Å². The fourth-order valence-corrected chi connectivity index (χ4v) is 3.39. The Morgan fingerprint density at radius 2 is 1.86 bits per heavy atom. The molecule has 2 aliphatic rings. The lowest BCUT2D eigenvalue weighted by molar-refractivity contribution is 0.0626. The SMILES string of the molecule is CCCN(CCN1C(=O)c2ccccc2C1=O)C1CCNC1. The summed E-state index contributed by atoms with van der Waals surface area (Å²) in [5, 5.41) is 3.38. The Kier molecular flexibility index (Phi) is 4.55. The summed E-state index contributed by atoms with van der Waals surface area (Å²) in [5.41, 5.74) is 1.08. The van der Waals surface area contributed by atoms with E-state index in [1.807, 2.05) is 0 Å². The van der Waals surface area contributed by atoms with E-state index < -0.39 is 0 Å². The highest BCUT2D eigenvalue weighted by atomic mass is 16.2. The number of amides is 2. The highest BCUT2D eigenvalue weighted by molar-refractivity contribution is 6.21. The minimum atomic E-state index is -0.151. The lowest BCUT2D eigenvalue weighted by Gasteiger charge is -2.29. The van der Waals surface area contributed by atoms with Gasteiger partial charge in [0.15, 0.2) is 0 Å². The molecule has 1 unspecified atom stereocenters. The van der Waals surface area contributed by atoms with E-state index in [4.69, 9.17) is 0 Å². The third kappa shape index (κ3) is 2.78. The number of hydrogen-bond acceptors (Lipinski definition) is 4. The van der Waals surface area contributed by atoms with Gasteiger partial charge in [0.1, 0.15) is 0 Å². The van der Waals surface area contributed by atoms with E-state index in [0.29, 0.717) is 23.7 Å². The molecular formula is C17H23N3O2. The Morgan fingerprint density at radius 3 is 2.41 bits per heavy atom. The highest BCUT2D eigenvalue weighted by Crippen LogP contribution is 2.22. The van der Waals surface area contributed by atoms with Crippen molar-refractivity contribution in [1.82, 2.24) is 15.1 Å². The molecule has 0 aromatic heterocycles. The van der Waals surface area contributed by atoms with Crippen molar-refractivity contribution in [3.8, 4) is 0 Å². The van der Waals surface area contributed by atoms with Gasteiger partial charge in [-0.15, -0.1) is 0 Å². The lowest BCUT2D eigenvalue weighted by Crippen LogP contribution is -2.44. The van der Waals surface area contributed by atoms with Crippen LogP contribution in [0.1, 0.15) is 40.5 Å². The van der Waals surface area contributed by atoms with Crippen LogP contribution in [0.15, 0.2) is 24.3 Å². The molecule has 0 bridgehead atoms. The second kappa shape index (κ2) is 6.58. The summed E-state index contributed by atoms with van der Waals surface area (Å²) in [7, 11) is 0. The molecule has 22 heavy (non-hydrogen) atoms. The van der Waals surface area contributed by atoms with Crippen LogP contribution in [0.4, 0.5) is 0 Å². The number of imide groups is 1. The predicted octanol–water partition coefficient (Wildman–Crippen LogP) is 1.36. The second-order valence-corrected chi connectivity index (χ2v) is 5.99. The first-order valence-corrected chi connectivity index (χ1v) is 8.12. The number of nitrogens with one attached hydrogen (secondary N) is 1. The monoisotopic (exact) mass is 301 g/mol. The molecule has 5 heteroatoms. The minimum Gasteiger partial charge on any atom is -0.315 e. The highest BCUT2D eigenvalue weighted by Gasteiger charge is 2.35. The molecule has 1 fully saturated rings. The topological polar surface area (TPSA) is 52.7 Å². The van der Waals surface area contributed by atoms with Crippen LogP contribution in [0.25, 0.3) is 0 Å². The number of carbonyl (C=O) groups excluding carboxylic acids is 2. The largest absolute Gasteiger partial charge is 0.315 e. The van der Waals surface area contributed by atoms with Crippen LogP contribution in [0, 0.1) is 0 Å². The minimum absolute atomic E-state index is 0.151. The summed E-state index contributed by atoms with van der Waals surface area (Å²) in [4.78, 5) is 28.6. The summed E-state index contributed by atoms with van der Waals surface area (Å²) in [5.74, 6) is -0.303. The normalized spacial score (nSPS) is 21.0. The maximum atomic E-state index is 12.4. The van der Waals surface area contributed by atoms with Gasteiger partial charge in [0.05, 0.1) is 11.1 Å². The predicted molar refractivity (Wildman–Crippen MR) is 84.9 cm³/mol. The molecule has 0 radical (unpaired) electrons. The van der Waals surface area contributed by atoms with Crippen molar-refractivity contribution in [2.45, 2.75) is 25.8 Å². The van der Waals surface area contributed by atoms with Gasteiger partial charge in [-0.05, 0) is 38.1 Å². The number of carbonyl (C=O) groups is 2.